The van der Waals surface area contributed by atoms with Crippen molar-refractivity contribution < 1.29 is 14.3 Å². The van der Waals surface area contributed by atoms with E-state index in [-0.39, 0.29) is 5.97 Å². The summed E-state index contributed by atoms with van der Waals surface area (Å²) in [6.07, 6.45) is 0. The summed E-state index contributed by atoms with van der Waals surface area (Å²) in [4.78, 5) is 13.0. The Labute approximate surface area is 170 Å². The van der Waals surface area contributed by atoms with Gasteiger partial charge in [0.25, 0.3) is 0 Å². The van der Waals surface area contributed by atoms with Crippen molar-refractivity contribution in [2.24, 2.45) is 0 Å². The SMILES string of the molecule is CCOC(=O)c1c(C)n(Cc2ccccc2)c2c1c(C)c(OC)c1ccccc12. The van der Waals surface area contributed by atoms with Crippen molar-refractivity contribution in [2.45, 2.75) is 27.3 Å². The largest absolute Gasteiger partial charge is 0.496 e. The minimum absolute atomic E-state index is 0.290. The van der Waals surface area contributed by atoms with Crippen molar-refractivity contribution >= 4 is 27.6 Å². The molecule has 4 aromatic rings. The molecule has 0 N–H and O–H groups in total. The molecule has 148 valence electrons. The summed E-state index contributed by atoms with van der Waals surface area (Å²) in [5, 5.41) is 3.02. The van der Waals surface area contributed by atoms with Crippen LogP contribution in [0.25, 0.3) is 21.7 Å². The normalized spacial score (nSPS) is 11.2. The Bertz CT molecular complexity index is 1210. The molecular weight excluding hydrogens is 362 g/mol. The number of hydrogen-bond donors (Lipinski definition) is 0. The molecule has 0 radical (unpaired) electrons. The number of hydrogen-bond acceptors (Lipinski definition) is 3. The summed E-state index contributed by atoms with van der Waals surface area (Å²) >= 11 is 0. The van der Waals surface area contributed by atoms with E-state index < -0.39 is 0 Å². The number of aryl methyl sites for hydroxylation is 1. The number of nitrogens with zero attached hydrogens (tertiary/aromatic N) is 1. The second kappa shape index (κ2) is 7.63. The lowest BCUT2D eigenvalue weighted by molar-refractivity contribution is 0.0527. The Hall–Kier alpha value is -3.27. The monoisotopic (exact) mass is 387 g/mol. The van der Waals surface area contributed by atoms with Gasteiger partial charge in [-0.1, -0.05) is 54.6 Å². The first kappa shape index (κ1) is 19.1. The van der Waals surface area contributed by atoms with Gasteiger partial charge in [-0.05, 0) is 26.3 Å². The number of esters is 1. The first-order chi connectivity index (χ1) is 14.1. The van der Waals surface area contributed by atoms with E-state index in [0.29, 0.717) is 18.7 Å². The van der Waals surface area contributed by atoms with Crippen molar-refractivity contribution in [1.82, 2.24) is 4.57 Å². The lowest BCUT2D eigenvalue weighted by Crippen LogP contribution is -2.08. The van der Waals surface area contributed by atoms with Gasteiger partial charge in [0.1, 0.15) is 5.75 Å². The Morgan fingerprint density at radius 2 is 1.62 bits per heavy atom. The van der Waals surface area contributed by atoms with Crippen LogP contribution in [-0.2, 0) is 11.3 Å². The lowest BCUT2D eigenvalue weighted by Gasteiger charge is -2.14. The average molecular weight is 387 g/mol. The lowest BCUT2D eigenvalue weighted by atomic mass is 9.98. The minimum atomic E-state index is -0.290. The zero-order valence-electron chi connectivity index (χ0n) is 17.3. The van der Waals surface area contributed by atoms with Crippen LogP contribution in [0.3, 0.4) is 0 Å². The molecule has 0 spiro atoms. The van der Waals surface area contributed by atoms with Crippen LogP contribution in [0.4, 0.5) is 0 Å². The van der Waals surface area contributed by atoms with E-state index in [9.17, 15) is 4.79 Å². The Morgan fingerprint density at radius 1 is 0.966 bits per heavy atom. The van der Waals surface area contributed by atoms with E-state index in [1.54, 1.807) is 7.11 Å². The van der Waals surface area contributed by atoms with Crippen molar-refractivity contribution in [3.63, 3.8) is 0 Å². The summed E-state index contributed by atoms with van der Waals surface area (Å²) in [7, 11) is 1.68. The maximum atomic E-state index is 13.0. The number of benzene rings is 3. The van der Waals surface area contributed by atoms with Crippen LogP contribution in [0.2, 0.25) is 0 Å². The van der Waals surface area contributed by atoms with Crippen LogP contribution in [0.5, 0.6) is 5.75 Å². The standard InChI is InChI=1S/C25H25NO3/c1-5-29-25(27)22-17(3)26(15-18-11-7-6-8-12-18)23-19-13-9-10-14-20(19)24(28-4)16(2)21(22)23/h6-14H,5,15H2,1-4H3. The molecule has 3 aromatic carbocycles. The fourth-order valence-electron chi connectivity index (χ4n) is 4.26. The van der Waals surface area contributed by atoms with Gasteiger partial charge in [0.05, 0.1) is 24.8 Å². The molecule has 0 aliphatic carbocycles. The molecule has 0 unspecified atom stereocenters. The van der Waals surface area contributed by atoms with Crippen LogP contribution in [0, 0.1) is 13.8 Å². The molecular formula is C25H25NO3. The third kappa shape index (κ3) is 3.05. The van der Waals surface area contributed by atoms with Crippen LogP contribution in [0.15, 0.2) is 54.6 Å². The number of carbonyl (C=O) groups excluding carboxylic acids is 1. The third-order valence-corrected chi connectivity index (χ3v) is 5.53. The van der Waals surface area contributed by atoms with E-state index >= 15 is 0 Å². The van der Waals surface area contributed by atoms with Crippen LogP contribution < -0.4 is 4.74 Å². The molecule has 0 atom stereocenters. The highest BCUT2D eigenvalue weighted by molar-refractivity contribution is 6.18. The van der Waals surface area contributed by atoms with Crippen LogP contribution >= 0.6 is 0 Å². The molecule has 4 rings (SSSR count). The molecule has 4 heteroatoms. The van der Waals surface area contributed by atoms with Gasteiger partial charge < -0.3 is 14.0 Å². The van der Waals surface area contributed by atoms with E-state index in [1.165, 1.54) is 5.56 Å². The number of carbonyl (C=O) groups is 1. The van der Waals surface area contributed by atoms with E-state index in [2.05, 4.69) is 28.8 Å². The van der Waals surface area contributed by atoms with E-state index in [0.717, 1.165) is 38.7 Å². The summed E-state index contributed by atoms with van der Waals surface area (Å²) < 4.78 is 13.4. The molecule has 1 aromatic heterocycles. The fraction of sp³-hybridized carbons (Fsp3) is 0.240. The molecule has 0 bridgehead atoms. The summed E-state index contributed by atoms with van der Waals surface area (Å²) in [6, 6.07) is 18.5. The minimum Gasteiger partial charge on any atom is -0.496 e. The van der Waals surface area contributed by atoms with Gasteiger partial charge in [0.15, 0.2) is 0 Å². The molecule has 0 saturated carbocycles. The van der Waals surface area contributed by atoms with Gasteiger partial charge in [-0.2, -0.15) is 0 Å². The van der Waals surface area contributed by atoms with Gasteiger partial charge in [0.2, 0.25) is 0 Å². The maximum Gasteiger partial charge on any atom is 0.340 e. The van der Waals surface area contributed by atoms with Gasteiger partial charge in [-0.25, -0.2) is 4.79 Å². The van der Waals surface area contributed by atoms with Crippen molar-refractivity contribution in [2.75, 3.05) is 13.7 Å². The Morgan fingerprint density at radius 3 is 2.28 bits per heavy atom. The summed E-state index contributed by atoms with van der Waals surface area (Å²) in [6.45, 7) is 6.86. The third-order valence-electron chi connectivity index (χ3n) is 5.53. The number of rotatable bonds is 5. The molecule has 29 heavy (non-hydrogen) atoms. The number of ether oxygens (including phenoxy) is 2. The predicted octanol–water partition coefficient (Wildman–Crippen LogP) is 5.64. The van der Waals surface area contributed by atoms with Gasteiger partial charge >= 0.3 is 5.97 Å². The van der Waals surface area contributed by atoms with E-state index in [1.807, 2.05) is 51.1 Å². The molecule has 1 heterocycles. The number of fused-ring (bicyclic) bond motifs is 3. The van der Waals surface area contributed by atoms with Crippen molar-refractivity contribution in [1.29, 1.82) is 0 Å². The van der Waals surface area contributed by atoms with Crippen LogP contribution in [-0.4, -0.2) is 24.3 Å². The number of methoxy groups -OCH3 is 1. The fourth-order valence-corrected chi connectivity index (χ4v) is 4.26. The van der Waals surface area contributed by atoms with Crippen LogP contribution in [0.1, 0.15) is 34.1 Å². The molecule has 0 saturated heterocycles. The van der Waals surface area contributed by atoms with Gasteiger partial charge in [0, 0.05) is 34.0 Å². The maximum absolute atomic E-state index is 13.0. The zero-order valence-corrected chi connectivity index (χ0v) is 17.3. The summed E-state index contributed by atoms with van der Waals surface area (Å²) in [5.41, 5.74) is 4.71. The average Bonchev–Trinajstić information content (AvgIpc) is 3.02. The molecule has 0 amide bonds. The highest BCUT2D eigenvalue weighted by Crippen LogP contribution is 2.41. The second-order valence-corrected chi connectivity index (χ2v) is 7.18. The van der Waals surface area contributed by atoms with Gasteiger partial charge in [-0.3, -0.25) is 0 Å². The van der Waals surface area contributed by atoms with Gasteiger partial charge in [-0.15, -0.1) is 0 Å². The molecule has 0 fully saturated rings. The first-order valence-electron chi connectivity index (χ1n) is 9.87. The van der Waals surface area contributed by atoms with E-state index in [4.69, 9.17) is 9.47 Å². The molecule has 0 aliphatic heterocycles. The molecule has 4 nitrogen and oxygen atoms in total. The Kier molecular flexibility index (Phi) is 5.01. The molecule has 0 aliphatic rings. The van der Waals surface area contributed by atoms with Crippen molar-refractivity contribution in [3.8, 4) is 5.75 Å². The summed E-state index contributed by atoms with van der Waals surface area (Å²) in [5.74, 6) is 0.512. The smallest absolute Gasteiger partial charge is 0.340 e. The first-order valence-corrected chi connectivity index (χ1v) is 9.87. The zero-order chi connectivity index (χ0) is 20.5. The Balaban J connectivity index is 2.14. The highest BCUT2D eigenvalue weighted by atomic mass is 16.5. The highest BCUT2D eigenvalue weighted by Gasteiger charge is 2.26. The topological polar surface area (TPSA) is 40.5 Å². The predicted molar refractivity (Wildman–Crippen MR) is 117 cm³/mol. The number of aromatic nitrogens is 1. The second-order valence-electron chi connectivity index (χ2n) is 7.18. The van der Waals surface area contributed by atoms with Crippen molar-refractivity contribution in [3.05, 3.63) is 77.0 Å². The quantitative estimate of drug-likeness (QED) is 0.416.